The summed E-state index contributed by atoms with van der Waals surface area (Å²) in [6, 6.07) is 3.65. The number of amides is 2. The molecule has 7 heteroatoms. The van der Waals surface area contributed by atoms with E-state index in [9.17, 15) is 9.59 Å². The Morgan fingerprint density at radius 1 is 1.30 bits per heavy atom. The van der Waals surface area contributed by atoms with Crippen LogP contribution in [0.5, 0.6) is 0 Å². The topological polar surface area (TPSA) is 66.2 Å². The average Bonchev–Trinajstić information content (AvgIpc) is 3.10. The van der Waals surface area contributed by atoms with Gasteiger partial charge in [-0.25, -0.2) is 0 Å². The number of hydrogen-bond donors (Lipinski definition) is 0. The molecule has 1 aromatic rings. The van der Waals surface area contributed by atoms with E-state index in [-0.39, 0.29) is 17.2 Å². The summed E-state index contributed by atoms with van der Waals surface area (Å²) in [5.41, 5.74) is 0.161. The second-order valence-electron chi connectivity index (χ2n) is 8.09. The van der Waals surface area contributed by atoms with E-state index in [0.29, 0.717) is 31.9 Å². The Balaban J connectivity index is 1.62. The number of hydrogen-bond acceptors (Lipinski definition) is 5. The van der Waals surface area contributed by atoms with Gasteiger partial charge in [-0.05, 0) is 37.9 Å². The maximum absolute atomic E-state index is 12.2. The number of likely N-dealkylation sites (tertiary alicyclic amines) is 2. The molecule has 2 amide bonds. The summed E-state index contributed by atoms with van der Waals surface area (Å²) in [5, 5.41) is 0. The fourth-order valence-corrected chi connectivity index (χ4v) is 4.30. The average molecular weight is 377 g/mol. The van der Waals surface area contributed by atoms with Gasteiger partial charge >= 0.3 is 0 Å². The van der Waals surface area contributed by atoms with Crippen molar-refractivity contribution in [3.8, 4) is 0 Å². The number of carbonyl (C=O) groups excluding carboxylic acids is 2. The van der Waals surface area contributed by atoms with E-state index in [1.807, 2.05) is 11.0 Å². The Labute approximate surface area is 161 Å². The van der Waals surface area contributed by atoms with Gasteiger partial charge in [0.25, 0.3) is 5.91 Å². The highest BCUT2D eigenvalue weighted by atomic mass is 16.5. The van der Waals surface area contributed by atoms with Gasteiger partial charge in [0, 0.05) is 52.7 Å². The van der Waals surface area contributed by atoms with Crippen molar-refractivity contribution in [2.24, 2.45) is 5.41 Å². The first-order chi connectivity index (χ1) is 12.9. The molecule has 0 N–H and O–H groups in total. The van der Waals surface area contributed by atoms with E-state index in [4.69, 9.17) is 9.15 Å². The summed E-state index contributed by atoms with van der Waals surface area (Å²) >= 11 is 0. The van der Waals surface area contributed by atoms with Crippen molar-refractivity contribution in [3.05, 3.63) is 23.7 Å². The highest BCUT2D eigenvalue weighted by Gasteiger charge is 2.41. The third-order valence-electron chi connectivity index (χ3n) is 5.71. The second-order valence-corrected chi connectivity index (χ2v) is 8.09. The fourth-order valence-electron chi connectivity index (χ4n) is 4.30. The number of carbonyl (C=O) groups is 2. The minimum atomic E-state index is -0.115. The summed E-state index contributed by atoms with van der Waals surface area (Å²) in [6.07, 6.45) is 3.85. The molecule has 2 aliphatic heterocycles. The molecule has 0 bridgehead atoms. The molecule has 0 unspecified atom stereocenters. The molecule has 7 nitrogen and oxygen atoms in total. The number of nitrogens with zero attached hydrogens (tertiary/aromatic N) is 3. The maximum Gasteiger partial charge on any atom is 0.289 e. The Bertz CT molecular complexity index is 672. The minimum absolute atomic E-state index is 0.115. The van der Waals surface area contributed by atoms with Crippen molar-refractivity contribution in [2.75, 3.05) is 54.0 Å². The van der Waals surface area contributed by atoms with E-state index in [0.717, 1.165) is 44.7 Å². The van der Waals surface area contributed by atoms with Crippen molar-refractivity contribution >= 4 is 11.8 Å². The van der Waals surface area contributed by atoms with Crippen LogP contribution in [0, 0.1) is 5.41 Å². The standard InChI is InChI=1S/C20H31N3O4/c1-21(2)19(25)17-6-5-16(27-17)13-22-10-4-8-20(14-22)9-7-18(24)23(15-20)11-12-26-3/h5-6H,4,7-15H2,1-3H3/t20-/m0/s1. The summed E-state index contributed by atoms with van der Waals surface area (Å²) in [6.45, 7) is 4.75. The maximum atomic E-state index is 12.2. The zero-order valence-electron chi connectivity index (χ0n) is 16.7. The lowest BCUT2D eigenvalue weighted by molar-refractivity contribution is -0.140. The third-order valence-corrected chi connectivity index (χ3v) is 5.71. The predicted octanol–water partition coefficient (Wildman–Crippen LogP) is 1.83. The molecule has 0 saturated carbocycles. The van der Waals surface area contributed by atoms with E-state index >= 15 is 0 Å². The lowest BCUT2D eigenvalue weighted by atomic mass is 9.73. The van der Waals surface area contributed by atoms with Gasteiger partial charge in [-0.2, -0.15) is 0 Å². The van der Waals surface area contributed by atoms with Crippen LogP contribution in [-0.4, -0.2) is 80.5 Å². The zero-order valence-corrected chi connectivity index (χ0v) is 16.7. The minimum Gasteiger partial charge on any atom is -0.455 e. The van der Waals surface area contributed by atoms with Gasteiger partial charge in [0.15, 0.2) is 5.76 Å². The number of ether oxygens (including phenoxy) is 1. The number of methoxy groups -OCH3 is 1. The Kier molecular flexibility index (Phi) is 6.22. The normalized spacial score (nSPS) is 23.8. The molecule has 3 rings (SSSR count). The van der Waals surface area contributed by atoms with Crippen molar-refractivity contribution in [2.45, 2.75) is 32.2 Å². The molecule has 1 spiro atoms. The molecular weight excluding hydrogens is 346 g/mol. The van der Waals surface area contributed by atoms with Crippen LogP contribution in [-0.2, 0) is 16.1 Å². The monoisotopic (exact) mass is 377 g/mol. The first-order valence-electron chi connectivity index (χ1n) is 9.72. The van der Waals surface area contributed by atoms with Crippen LogP contribution in [0.1, 0.15) is 42.0 Å². The van der Waals surface area contributed by atoms with E-state index in [1.165, 1.54) is 4.90 Å². The van der Waals surface area contributed by atoms with E-state index < -0.39 is 0 Å². The van der Waals surface area contributed by atoms with Crippen LogP contribution in [0.25, 0.3) is 0 Å². The summed E-state index contributed by atoms with van der Waals surface area (Å²) in [7, 11) is 5.11. The highest BCUT2D eigenvalue weighted by Crippen LogP contribution is 2.39. The zero-order chi connectivity index (χ0) is 19.4. The Morgan fingerprint density at radius 3 is 2.85 bits per heavy atom. The smallest absolute Gasteiger partial charge is 0.289 e. The molecule has 27 heavy (non-hydrogen) atoms. The van der Waals surface area contributed by atoms with Gasteiger partial charge in [-0.1, -0.05) is 0 Å². The fraction of sp³-hybridized carbons (Fsp3) is 0.700. The second kappa shape index (κ2) is 8.44. The van der Waals surface area contributed by atoms with E-state index in [2.05, 4.69) is 4.90 Å². The molecule has 0 radical (unpaired) electrons. The Hall–Kier alpha value is -1.86. The van der Waals surface area contributed by atoms with Crippen LogP contribution in [0.2, 0.25) is 0 Å². The van der Waals surface area contributed by atoms with Crippen molar-refractivity contribution in [1.29, 1.82) is 0 Å². The van der Waals surface area contributed by atoms with Crippen LogP contribution < -0.4 is 0 Å². The van der Waals surface area contributed by atoms with Gasteiger partial charge in [0.05, 0.1) is 13.2 Å². The van der Waals surface area contributed by atoms with Gasteiger partial charge in [0.1, 0.15) is 5.76 Å². The summed E-state index contributed by atoms with van der Waals surface area (Å²) < 4.78 is 10.9. The molecule has 3 heterocycles. The predicted molar refractivity (Wildman–Crippen MR) is 101 cm³/mol. The Morgan fingerprint density at radius 2 is 2.11 bits per heavy atom. The largest absolute Gasteiger partial charge is 0.455 e. The number of rotatable bonds is 6. The number of furan rings is 1. The summed E-state index contributed by atoms with van der Waals surface area (Å²) in [4.78, 5) is 30.1. The summed E-state index contributed by atoms with van der Waals surface area (Å²) in [5.74, 6) is 1.33. The molecule has 2 aliphatic rings. The first kappa shape index (κ1) is 19.9. The van der Waals surface area contributed by atoms with Crippen LogP contribution in [0.4, 0.5) is 0 Å². The molecule has 2 fully saturated rings. The van der Waals surface area contributed by atoms with Crippen molar-refractivity contribution in [3.63, 3.8) is 0 Å². The quantitative estimate of drug-likeness (QED) is 0.757. The molecular formula is C20H31N3O4. The van der Waals surface area contributed by atoms with Crippen LogP contribution in [0.15, 0.2) is 16.5 Å². The van der Waals surface area contributed by atoms with Gasteiger partial charge in [0.2, 0.25) is 5.91 Å². The van der Waals surface area contributed by atoms with Gasteiger partial charge < -0.3 is 19.0 Å². The molecule has 0 aliphatic carbocycles. The lowest BCUT2D eigenvalue weighted by Gasteiger charge is -2.48. The molecule has 150 valence electrons. The third kappa shape index (κ3) is 4.71. The van der Waals surface area contributed by atoms with Crippen molar-refractivity contribution < 1.29 is 18.7 Å². The van der Waals surface area contributed by atoms with Gasteiger partial charge in [-0.15, -0.1) is 0 Å². The first-order valence-corrected chi connectivity index (χ1v) is 9.72. The van der Waals surface area contributed by atoms with Gasteiger partial charge in [-0.3, -0.25) is 14.5 Å². The lowest BCUT2D eigenvalue weighted by Crippen LogP contribution is -2.54. The molecule has 1 aromatic heterocycles. The van der Waals surface area contributed by atoms with Crippen molar-refractivity contribution in [1.82, 2.24) is 14.7 Å². The van der Waals surface area contributed by atoms with E-state index in [1.54, 1.807) is 27.3 Å². The SMILES string of the molecule is COCCN1C[C@@]2(CCCN(Cc3ccc(C(=O)N(C)C)o3)C2)CCC1=O. The molecule has 2 saturated heterocycles. The number of piperidine rings is 2. The molecule has 0 aromatic carbocycles. The van der Waals surface area contributed by atoms with Crippen LogP contribution in [0.3, 0.4) is 0 Å². The van der Waals surface area contributed by atoms with Crippen LogP contribution >= 0.6 is 0 Å². The molecule has 1 atom stereocenters. The highest BCUT2D eigenvalue weighted by molar-refractivity contribution is 5.91.